The van der Waals surface area contributed by atoms with E-state index in [2.05, 4.69) is 39.7 Å². The van der Waals surface area contributed by atoms with Gasteiger partial charge in [-0.05, 0) is 38.9 Å². The van der Waals surface area contributed by atoms with Gasteiger partial charge in [-0.3, -0.25) is 9.58 Å². The van der Waals surface area contributed by atoms with Gasteiger partial charge in [-0.25, -0.2) is 4.99 Å². The fourth-order valence-electron chi connectivity index (χ4n) is 3.69. The van der Waals surface area contributed by atoms with E-state index in [0.717, 1.165) is 43.5 Å². The molecule has 1 aromatic carbocycles. The molecule has 1 unspecified atom stereocenters. The molecular weight excluding hydrogens is 352 g/mol. The normalized spacial score (nSPS) is 16.2. The number of nitrogens with one attached hydrogen (secondary N) is 2. The SMILES string of the molecule is CCNC(=NCc1cnn(C)c1)NCC(c1ccccc1OC)N1CCCC1. The summed E-state index contributed by atoms with van der Waals surface area (Å²) in [5, 5.41) is 11.1. The maximum atomic E-state index is 5.64. The molecule has 0 radical (unpaired) electrons. The molecule has 7 nitrogen and oxygen atoms in total. The summed E-state index contributed by atoms with van der Waals surface area (Å²) >= 11 is 0. The third-order valence-corrected chi connectivity index (χ3v) is 5.06. The van der Waals surface area contributed by atoms with Gasteiger partial charge in [0, 0.05) is 37.5 Å². The molecule has 152 valence electrons. The highest BCUT2D eigenvalue weighted by Crippen LogP contribution is 2.31. The Bertz CT molecular complexity index is 766. The van der Waals surface area contributed by atoms with Crippen LogP contribution >= 0.6 is 0 Å². The summed E-state index contributed by atoms with van der Waals surface area (Å²) in [4.78, 5) is 7.26. The van der Waals surface area contributed by atoms with Crippen molar-refractivity contribution in [1.29, 1.82) is 0 Å². The fraction of sp³-hybridized carbons (Fsp3) is 0.524. The van der Waals surface area contributed by atoms with Crippen molar-refractivity contribution in [3.63, 3.8) is 0 Å². The third-order valence-electron chi connectivity index (χ3n) is 5.06. The van der Waals surface area contributed by atoms with Gasteiger partial charge < -0.3 is 15.4 Å². The van der Waals surface area contributed by atoms with Gasteiger partial charge in [-0.2, -0.15) is 5.10 Å². The van der Waals surface area contributed by atoms with Gasteiger partial charge >= 0.3 is 0 Å². The number of aryl methyl sites for hydroxylation is 1. The lowest BCUT2D eigenvalue weighted by molar-refractivity contribution is 0.239. The average Bonchev–Trinajstić information content (AvgIpc) is 3.38. The summed E-state index contributed by atoms with van der Waals surface area (Å²) in [5.41, 5.74) is 2.32. The average molecular weight is 385 g/mol. The number of aromatic nitrogens is 2. The molecule has 1 aliphatic rings. The highest BCUT2D eigenvalue weighted by atomic mass is 16.5. The molecule has 1 fully saturated rings. The third kappa shape index (κ3) is 5.25. The number of aliphatic imine (C=N–C) groups is 1. The van der Waals surface area contributed by atoms with Crippen LogP contribution < -0.4 is 15.4 Å². The van der Waals surface area contributed by atoms with Crippen LogP contribution in [0.15, 0.2) is 41.7 Å². The van der Waals surface area contributed by atoms with Gasteiger partial charge in [0.05, 0.1) is 25.9 Å². The number of hydrogen-bond donors (Lipinski definition) is 2. The topological polar surface area (TPSA) is 66.7 Å². The molecule has 1 aromatic heterocycles. The standard InChI is InChI=1S/C21H32N6O/c1-4-22-21(23-13-17-14-25-26(2)16-17)24-15-19(27-11-7-8-12-27)18-9-5-6-10-20(18)28-3/h5-6,9-10,14,16,19H,4,7-8,11-13,15H2,1-3H3,(H2,22,23,24). The van der Waals surface area contributed by atoms with Crippen LogP contribution in [0.5, 0.6) is 5.75 Å². The first-order valence-electron chi connectivity index (χ1n) is 10.1. The summed E-state index contributed by atoms with van der Waals surface area (Å²) < 4.78 is 7.44. The number of benzene rings is 1. The summed E-state index contributed by atoms with van der Waals surface area (Å²) in [6, 6.07) is 8.57. The molecule has 0 bridgehead atoms. The van der Waals surface area contributed by atoms with Crippen molar-refractivity contribution in [1.82, 2.24) is 25.3 Å². The maximum absolute atomic E-state index is 5.64. The van der Waals surface area contributed by atoms with Crippen LogP contribution in [0.1, 0.15) is 36.9 Å². The van der Waals surface area contributed by atoms with Crippen molar-refractivity contribution in [2.45, 2.75) is 32.4 Å². The number of likely N-dealkylation sites (tertiary alicyclic amines) is 1. The monoisotopic (exact) mass is 384 g/mol. The van der Waals surface area contributed by atoms with Crippen LogP contribution in [0.2, 0.25) is 0 Å². The lowest BCUT2D eigenvalue weighted by Crippen LogP contribution is -2.42. The summed E-state index contributed by atoms with van der Waals surface area (Å²) in [7, 11) is 3.66. The lowest BCUT2D eigenvalue weighted by atomic mass is 10.0. The Balaban J connectivity index is 1.73. The summed E-state index contributed by atoms with van der Waals surface area (Å²) in [6.45, 7) is 6.52. The smallest absolute Gasteiger partial charge is 0.191 e. The van der Waals surface area contributed by atoms with E-state index in [9.17, 15) is 0 Å². The number of methoxy groups -OCH3 is 1. The van der Waals surface area contributed by atoms with E-state index in [1.165, 1.54) is 18.4 Å². The van der Waals surface area contributed by atoms with Gasteiger partial charge in [0.15, 0.2) is 5.96 Å². The minimum atomic E-state index is 0.251. The van der Waals surface area contributed by atoms with Crippen LogP contribution in [0.25, 0.3) is 0 Å². The van der Waals surface area contributed by atoms with E-state index in [1.807, 2.05) is 31.6 Å². The van der Waals surface area contributed by atoms with E-state index < -0.39 is 0 Å². The Kier molecular flexibility index (Phi) is 7.31. The maximum Gasteiger partial charge on any atom is 0.191 e. The Labute approximate surface area is 167 Å². The Morgan fingerprint density at radius 3 is 2.71 bits per heavy atom. The van der Waals surface area contributed by atoms with E-state index in [1.54, 1.807) is 11.8 Å². The van der Waals surface area contributed by atoms with Crippen LogP contribution in [-0.2, 0) is 13.6 Å². The molecule has 2 heterocycles. The number of hydrogen-bond acceptors (Lipinski definition) is 4. The predicted octanol–water partition coefficient (Wildman–Crippen LogP) is 2.32. The van der Waals surface area contributed by atoms with E-state index >= 15 is 0 Å². The zero-order valence-electron chi connectivity index (χ0n) is 17.2. The summed E-state index contributed by atoms with van der Waals surface area (Å²) in [6.07, 6.45) is 6.35. The molecule has 1 saturated heterocycles. The second kappa shape index (κ2) is 10.1. The zero-order chi connectivity index (χ0) is 19.8. The first-order valence-corrected chi connectivity index (χ1v) is 10.1. The van der Waals surface area contributed by atoms with E-state index in [0.29, 0.717) is 6.54 Å². The lowest BCUT2D eigenvalue weighted by Gasteiger charge is -2.30. The highest BCUT2D eigenvalue weighted by molar-refractivity contribution is 5.79. The molecule has 2 aromatic rings. The van der Waals surface area contributed by atoms with E-state index in [4.69, 9.17) is 9.73 Å². The number of guanidine groups is 1. The highest BCUT2D eigenvalue weighted by Gasteiger charge is 2.26. The molecule has 0 aliphatic carbocycles. The van der Waals surface area contributed by atoms with Gasteiger partial charge in [0.2, 0.25) is 0 Å². The van der Waals surface area contributed by atoms with Crippen LogP contribution in [-0.4, -0.2) is 53.9 Å². The Hall–Kier alpha value is -2.54. The van der Waals surface area contributed by atoms with Crippen molar-refractivity contribution in [3.8, 4) is 5.75 Å². The predicted molar refractivity (Wildman–Crippen MR) is 113 cm³/mol. The second-order valence-corrected chi connectivity index (χ2v) is 7.10. The van der Waals surface area contributed by atoms with Gasteiger partial charge in [0.25, 0.3) is 0 Å². The van der Waals surface area contributed by atoms with E-state index in [-0.39, 0.29) is 6.04 Å². The molecular formula is C21H32N6O. The molecule has 7 heteroatoms. The minimum Gasteiger partial charge on any atom is -0.496 e. The Morgan fingerprint density at radius 2 is 2.04 bits per heavy atom. The molecule has 0 spiro atoms. The number of rotatable bonds is 8. The first-order chi connectivity index (χ1) is 13.7. The molecule has 2 N–H and O–H groups in total. The molecule has 0 amide bonds. The number of ether oxygens (including phenoxy) is 1. The van der Waals surface area contributed by atoms with Crippen molar-refractivity contribution in [3.05, 3.63) is 47.8 Å². The van der Waals surface area contributed by atoms with Crippen LogP contribution in [0, 0.1) is 0 Å². The van der Waals surface area contributed by atoms with Crippen LogP contribution in [0.3, 0.4) is 0 Å². The second-order valence-electron chi connectivity index (χ2n) is 7.10. The summed E-state index contributed by atoms with van der Waals surface area (Å²) in [5.74, 6) is 1.77. The fourth-order valence-corrected chi connectivity index (χ4v) is 3.69. The van der Waals surface area contributed by atoms with Crippen molar-refractivity contribution in [2.24, 2.45) is 12.0 Å². The first kappa shape index (κ1) is 20.2. The largest absolute Gasteiger partial charge is 0.496 e. The van der Waals surface area contributed by atoms with Gasteiger partial charge in [-0.1, -0.05) is 18.2 Å². The number of nitrogens with zero attached hydrogens (tertiary/aromatic N) is 4. The van der Waals surface area contributed by atoms with Gasteiger partial charge in [0.1, 0.15) is 5.75 Å². The molecule has 0 saturated carbocycles. The zero-order valence-corrected chi connectivity index (χ0v) is 17.2. The molecule has 3 rings (SSSR count). The van der Waals surface area contributed by atoms with Crippen LogP contribution in [0.4, 0.5) is 0 Å². The van der Waals surface area contributed by atoms with Crippen molar-refractivity contribution >= 4 is 5.96 Å². The van der Waals surface area contributed by atoms with Gasteiger partial charge in [-0.15, -0.1) is 0 Å². The number of para-hydroxylation sites is 1. The molecule has 28 heavy (non-hydrogen) atoms. The quantitative estimate of drug-likeness (QED) is 0.540. The van der Waals surface area contributed by atoms with Crippen molar-refractivity contribution in [2.75, 3.05) is 33.3 Å². The molecule has 1 atom stereocenters. The Morgan fingerprint density at radius 1 is 1.25 bits per heavy atom. The molecule has 1 aliphatic heterocycles. The minimum absolute atomic E-state index is 0.251. The van der Waals surface area contributed by atoms with Crippen molar-refractivity contribution < 1.29 is 4.74 Å².